The molecule has 0 radical (unpaired) electrons. The SMILES string of the molecule is Cc1ccc(CNC(=O)Cn2nc(Nc3ccccc3)c(S(=O)(=O)c3ccc(C)cc3)c2N)cc1. The number of anilines is 3. The van der Waals surface area contributed by atoms with Crippen molar-refractivity contribution in [2.24, 2.45) is 0 Å². The van der Waals surface area contributed by atoms with Gasteiger partial charge in [-0.2, -0.15) is 5.10 Å². The van der Waals surface area contributed by atoms with Crippen molar-refractivity contribution in [3.8, 4) is 0 Å². The van der Waals surface area contributed by atoms with Gasteiger partial charge in [-0.1, -0.05) is 65.7 Å². The van der Waals surface area contributed by atoms with E-state index in [0.29, 0.717) is 12.2 Å². The van der Waals surface area contributed by atoms with E-state index in [4.69, 9.17) is 5.73 Å². The number of rotatable bonds is 8. The maximum Gasteiger partial charge on any atom is 0.242 e. The van der Waals surface area contributed by atoms with Gasteiger partial charge in [0, 0.05) is 12.2 Å². The molecule has 0 bridgehead atoms. The van der Waals surface area contributed by atoms with Crippen LogP contribution in [0.25, 0.3) is 0 Å². The van der Waals surface area contributed by atoms with Crippen molar-refractivity contribution >= 4 is 33.1 Å². The van der Waals surface area contributed by atoms with Gasteiger partial charge in [-0.05, 0) is 43.7 Å². The van der Waals surface area contributed by atoms with E-state index in [-0.39, 0.29) is 33.9 Å². The molecule has 0 aliphatic rings. The largest absolute Gasteiger partial charge is 0.383 e. The summed E-state index contributed by atoms with van der Waals surface area (Å²) in [5.74, 6) is -0.402. The molecule has 0 spiro atoms. The summed E-state index contributed by atoms with van der Waals surface area (Å²) in [5.41, 5.74) is 9.94. The lowest BCUT2D eigenvalue weighted by molar-refractivity contribution is -0.122. The van der Waals surface area contributed by atoms with E-state index in [1.54, 1.807) is 24.3 Å². The van der Waals surface area contributed by atoms with Crippen molar-refractivity contribution in [2.45, 2.75) is 36.7 Å². The summed E-state index contributed by atoms with van der Waals surface area (Å²) in [6.07, 6.45) is 0. The zero-order valence-corrected chi connectivity index (χ0v) is 20.3. The number of carbonyl (C=O) groups is 1. The molecule has 4 rings (SSSR count). The molecular formula is C26H27N5O3S. The number of amides is 1. The van der Waals surface area contributed by atoms with E-state index < -0.39 is 9.84 Å². The van der Waals surface area contributed by atoms with Crippen molar-refractivity contribution < 1.29 is 13.2 Å². The van der Waals surface area contributed by atoms with Crippen LogP contribution in [0.2, 0.25) is 0 Å². The van der Waals surface area contributed by atoms with Crippen LogP contribution < -0.4 is 16.4 Å². The number of para-hydroxylation sites is 1. The van der Waals surface area contributed by atoms with Gasteiger partial charge in [-0.3, -0.25) is 4.79 Å². The van der Waals surface area contributed by atoms with Gasteiger partial charge in [0.05, 0.1) is 4.90 Å². The molecule has 4 N–H and O–H groups in total. The Hall–Kier alpha value is -4.11. The highest BCUT2D eigenvalue weighted by Crippen LogP contribution is 2.34. The number of nitrogens with two attached hydrogens (primary N) is 1. The van der Waals surface area contributed by atoms with Crippen LogP contribution in [0.4, 0.5) is 17.3 Å². The monoisotopic (exact) mass is 489 g/mol. The summed E-state index contributed by atoms with van der Waals surface area (Å²) in [6, 6.07) is 23.4. The van der Waals surface area contributed by atoms with Gasteiger partial charge in [-0.25, -0.2) is 13.1 Å². The maximum atomic E-state index is 13.5. The molecule has 4 aromatic rings. The van der Waals surface area contributed by atoms with Crippen LogP contribution in [-0.4, -0.2) is 24.1 Å². The second-order valence-corrected chi connectivity index (χ2v) is 10.2. The fraction of sp³-hybridized carbons (Fsp3) is 0.154. The fourth-order valence-corrected chi connectivity index (χ4v) is 4.97. The molecule has 0 atom stereocenters. The summed E-state index contributed by atoms with van der Waals surface area (Å²) < 4.78 is 28.3. The van der Waals surface area contributed by atoms with Crippen LogP contribution in [0, 0.1) is 13.8 Å². The van der Waals surface area contributed by atoms with Crippen LogP contribution in [0.15, 0.2) is 88.7 Å². The molecule has 3 aromatic carbocycles. The summed E-state index contributed by atoms with van der Waals surface area (Å²) in [5, 5.41) is 10.2. The van der Waals surface area contributed by atoms with Crippen LogP contribution in [0.5, 0.6) is 0 Å². The van der Waals surface area contributed by atoms with Crippen molar-refractivity contribution in [3.63, 3.8) is 0 Å². The lowest BCUT2D eigenvalue weighted by Crippen LogP contribution is -2.28. The molecule has 1 aromatic heterocycles. The van der Waals surface area contributed by atoms with E-state index in [0.717, 1.165) is 16.7 Å². The Balaban J connectivity index is 1.64. The number of aryl methyl sites for hydroxylation is 2. The maximum absolute atomic E-state index is 13.5. The minimum atomic E-state index is -4.01. The number of nitrogens with zero attached hydrogens (tertiary/aromatic N) is 2. The Morgan fingerprint density at radius 2 is 1.51 bits per heavy atom. The van der Waals surface area contributed by atoms with E-state index >= 15 is 0 Å². The van der Waals surface area contributed by atoms with Gasteiger partial charge in [0.25, 0.3) is 0 Å². The van der Waals surface area contributed by atoms with Gasteiger partial charge in [0.2, 0.25) is 15.7 Å². The van der Waals surface area contributed by atoms with Crippen molar-refractivity contribution in [1.82, 2.24) is 15.1 Å². The molecule has 0 unspecified atom stereocenters. The molecule has 0 aliphatic carbocycles. The van der Waals surface area contributed by atoms with E-state index in [9.17, 15) is 13.2 Å². The predicted octanol–water partition coefficient (Wildman–Crippen LogP) is 3.97. The number of aromatic nitrogens is 2. The highest BCUT2D eigenvalue weighted by Gasteiger charge is 2.30. The average molecular weight is 490 g/mol. The minimum absolute atomic E-state index is 0.0561. The van der Waals surface area contributed by atoms with Crippen LogP contribution in [0.1, 0.15) is 16.7 Å². The quantitative estimate of drug-likeness (QED) is 0.345. The number of benzene rings is 3. The zero-order chi connectivity index (χ0) is 25.0. The van der Waals surface area contributed by atoms with Gasteiger partial charge >= 0.3 is 0 Å². The summed E-state index contributed by atoms with van der Waals surface area (Å²) in [7, 11) is -4.01. The number of nitrogen functional groups attached to an aromatic ring is 1. The number of carbonyl (C=O) groups excluding carboxylic acids is 1. The summed E-state index contributed by atoms with van der Waals surface area (Å²) in [6.45, 7) is 3.97. The van der Waals surface area contributed by atoms with E-state index in [1.807, 2.05) is 56.3 Å². The van der Waals surface area contributed by atoms with Crippen LogP contribution >= 0.6 is 0 Å². The van der Waals surface area contributed by atoms with Crippen molar-refractivity contribution in [2.75, 3.05) is 11.1 Å². The number of sulfone groups is 1. The first-order valence-corrected chi connectivity index (χ1v) is 12.5. The fourth-order valence-electron chi connectivity index (χ4n) is 3.52. The summed E-state index contributed by atoms with van der Waals surface area (Å²) >= 11 is 0. The Morgan fingerprint density at radius 3 is 2.14 bits per heavy atom. The topological polar surface area (TPSA) is 119 Å². The molecule has 0 saturated heterocycles. The normalized spacial score (nSPS) is 11.3. The zero-order valence-electron chi connectivity index (χ0n) is 19.5. The Labute approximate surface area is 204 Å². The first-order valence-electron chi connectivity index (χ1n) is 11.1. The molecular weight excluding hydrogens is 462 g/mol. The predicted molar refractivity (Wildman–Crippen MR) is 136 cm³/mol. The first-order chi connectivity index (χ1) is 16.7. The number of nitrogens with one attached hydrogen (secondary N) is 2. The molecule has 0 saturated carbocycles. The Bertz CT molecular complexity index is 1430. The molecule has 0 fully saturated rings. The van der Waals surface area contributed by atoms with Gasteiger partial charge in [0.1, 0.15) is 12.4 Å². The Morgan fingerprint density at radius 1 is 0.914 bits per heavy atom. The minimum Gasteiger partial charge on any atom is -0.383 e. The third kappa shape index (κ3) is 5.52. The Kier molecular flexibility index (Phi) is 6.88. The first kappa shape index (κ1) is 24.0. The molecule has 0 aliphatic heterocycles. The van der Waals surface area contributed by atoms with E-state index in [1.165, 1.54) is 16.8 Å². The molecule has 8 nitrogen and oxygen atoms in total. The van der Waals surface area contributed by atoms with E-state index in [2.05, 4.69) is 15.7 Å². The van der Waals surface area contributed by atoms with Crippen LogP contribution in [0.3, 0.4) is 0 Å². The molecule has 1 amide bonds. The molecule has 9 heteroatoms. The smallest absolute Gasteiger partial charge is 0.242 e. The van der Waals surface area contributed by atoms with Crippen LogP contribution in [-0.2, 0) is 27.7 Å². The second kappa shape index (κ2) is 10.0. The third-order valence-electron chi connectivity index (χ3n) is 5.49. The number of hydrogen-bond donors (Lipinski definition) is 3. The van der Waals surface area contributed by atoms with Crippen molar-refractivity contribution in [3.05, 3.63) is 95.6 Å². The standard InChI is InChI=1S/C26H27N5O3S/c1-18-8-12-20(13-9-18)16-28-23(32)17-31-25(27)24(26(30-31)29-21-6-4-3-5-7-21)35(33,34)22-14-10-19(2)11-15-22/h3-15H,16-17,27H2,1-2H3,(H,28,32)(H,29,30). The number of hydrogen-bond acceptors (Lipinski definition) is 6. The highest BCUT2D eigenvalue weighted by atomic mass is 32.2. The second-order valence-electron chi connectivity index (χ2n) is 8.29. The molecule has 1 heterocycles. The van der Waals surface area contributed by atoms with Gasteiger partial charge < -0.3 is 16.4 Å². The van der Waals surface area contributed by atoms with Crippen molar-refractivity contribution in [1.29, 1.82) is 0 Å². The third-order valence-corrected chi connectivity index (χ3v) is 7.32. The summed E-state index contributed by atoms with van der Waals surface area (Å²) in [4.78, 5) is 12.6. The highest BCUT2D eigenvalue weighted by molar-refractivity contribution is 7.91. The van der Waals surface area contributed by atoms with Gasteiger partial charge in [0.15, 0.2) is 10.7 Å². The molecule has 180 valence electrons. The lowest BCUT2D eigenvalue weighted by Gasteiger charge is -2.09. The van der Waals surface area contributed by atoms with Gasteiger partial charge in [-0.15, -0.1) is 0 Å². The average Bonchev–Trinajstić information content (AvgIpc) is 3.14. The molecule has 35 heavy (non-hydrogen) atoms. The lowest BCUT2D eigenvalue weighted by atomic mass is 10.1.